The van der Waals surface area contributed by atoms with Gasteiger partial charge in [-0.15, -0.1) is 0 Å². The molecule has 1 aliphatic heterocycles. The molecule has 3 rings (SSSR count). The Morgan fingerprint density at radius 2 is 1.96 bits per heavy atom. The maximum absolute atomic E-state index is 13.4. The number of anilines is 1. The highest BCUT2D eigenvalue weighted by atomic mass is 32.2. The predicted octanol–water partition coefficient (Wildman–Crippen LogP) is 3.68. The maximum atomic E-state index is 13.4. The van der Waals surface area contributed by atoms with Gasteiger partial charge >= 0.3 is 6.18 Å². The van der Waals surface area contributed by atoms with Gasteiger partial charge in [0.2, 0.25) is 0 Å². The summed E-state index contributed by atoms with van der Waals surface area (Å²) >= 11 is 0. The molecule has 0 N–H and O–H groups in total. The fraction of sp³-hybridized carbons (Fsp3) is 0.500. The van der Waals surface area contributed by atoms with Crippen molar-refractivity contribution in [1.29, 1.82) is 0 Å². The second-order valence-electron chi connectivity index (χ2n) is 6.51. The molecule has 1 fully saturated rings. The van der Waals surface area contributed by atoms with E-state index in [0.717, 1.165) is 6.07 Å². The number of hydrogen-bond acceptors (Lipinski definition) is 5. The van der Waals surface area contributed by atoms with Gasteiger partial charge in [-0.2, -0.15) is 13.2 Å². The lowest BCUT2D eigenvalue weighted by Crippen LogP contribution is -2.53. The lowest BCUT2D eigenvalue weighted by atomic mass is 10.0. The van der Waals surface area contributed by atoms with Crippen LogP contribution in [0.5, 0.6) is 0 Å². The Hall–Kier alpha value is -2.03. The van der Waals surface area contributed by atoms with Gasteiger partial charge in [0.25, 0.3) is 0 Å². The summed E-state index contributed by atoms with van der Waals surface area (Å²) in [5.74, 6) is 0.540. The smallest absolute Gasteiger partial charge is 0.354 e. The molecule has 2 aromatic heterocycles. The first-order valence-corrected chi connectivity index (χ1v) is 10.1. The van der Waals surface area contributed by atoms with Crippen molar-refractivity contribution in [1.82, 2.24) is 15.0 Å². The average molecular weight is 398 g/mol. The highest BCUT2D eigenvalue weighted by Gasteiger charge is 2.40. The van der Waals surface area contributed by atoms with Crippen molar-refractivity contribution in [2.24, 2.45) is 0 Å². The number of hydrogen-bond donors (Lipinski definition) is 0. The Bertz CT molecular complexity index is 825. The molecule has 3 heterocycles. The van der Waals surface area contributed by atoms with Crippen LogP contribution in [0, 0.1) is 0 Å². The molecule has 2 aromatic rings. The van der Waals surface area contributed by atoms with Gasteiger partial charge in [0, 0.05) is 41.9 Å². The van der Waals surface area contributed by atoms with Crippen LogP contribution in [0.3, 0.4) is 0 Å². The van der Waals surface area contributed by atoms with Crippen LogP contribution < -0.4 is 4.90 Å². The van der Waals surface area contributed by atoms with Crippen LogP contribution in [0.25, 0.3) is 11.5 Å². The molecule has 1 saturated heterocycles. The summed E-state index contributed by atoms with van der Waals surface area (Å²) in [6.07, 6.45) is -1.72. The predicted molar refractivity (Wildman–Crippen MR) is 98.8 cm³/mol. The summed E-state index contributed by atoms with van der Waals surface area (Å²) in [6, 6.07) is 5.90. The van der Waals surface area contributed by atoms with Gasteiger partial charge < -0.3 is 4.90 Å². The van der Waals surface area contributed by atoms with Crippen LogP contribution in [0.15, 0.2) is 30.5 Å². The minimum Gasteiger partial charge on any atom is -0.354 e. The molecule has 0 amide bonds. The van der Waals surface area contributed by atoms with E-state index in [0.29, 0.717) is 31.7 Å². The first kappa shape index (κ1) is 19.7. The molecular formula is C18H21F3N4OS. The van der Waals surface area contributed by atoms with E-state index in [1.807, 2.05) is 13.8 Å². The van der Waals surface area contributed by atoms with Crippen LogP contribution in [-0.2, 0) is 17.0 Å². The molecule has 146 valence electrons. The Morgan fingerprint density at radius 1 is 1.22 bits per heavy atom. The molecule has 5 nitrogen and oxygen atoms in total. The second kappa shape index (κ2) is 7.53. The van der Waals surface area contributed by atoms with Crippen LogP contribution in [-0.4, -0.2) is 42.8 Å². The largest absolute Gasteiger partial charge is 0.433 e. The van der Waals surface area contributed by atoms with Gasteiger partial charge in [-0.05, 0) is 25.0 Å². The van der Waals surface area contributed by atoms with Gasteiger partial charge in [0.15, 0.2) is 11.5 Å². The Labute approximate surface area is 158 Å². The highest BCUT2D eigenvalue weighted by molar-refractivity contribution is 7.86. The van der Waals surface area contributed by atoms with E-state index in [-0.39, 0.29) is 17.3 Å². The fourth-order valence-electron chi connectivity index (χ4n) is 3.25. The Kier molecular flexibility index (Phi) is 5.50. The quantitative estimate of drug-likeness (QED) is 0.786. The van der Waals surface area contributed by atoms with Crippen molar-refractivity contribution < 1.29 is 17.4 Å². The zero-order chi connectivity index (χ0) is 19.7. The highest BCUT2D eigenvalue weighted by Crippen LogP contribution is 2.34. The molecule has 1 aliphatic rings. The third-order valence-corrected chi connectivity index (χ3v) is 7.24. The zero-order valence-electron chi connectivity index (χ0n) is 15.2. The van der Waals surface area contributed by atoms with Crippen molar-refractivity contribution in [3.63, 3.8) is 0 Å². The molecule has 0 aliphatic carbocycles. The van der Waals surface area contributed by atoms with E-state index in [4.69, 9.17) is 0 Å². The van der Waals surface area contributed by atoms with E-state index in [9.17, 15) is 17.4 Å². The molecule has 0 spiro atoms. The number of pyridine rings is 1. The second-order valence-corrected chi connectivity index (χ2v) is 8.47. The van der Waals surface area contributed by atoms with Crippen LogP contribution in [0.2, 0.25) is 0 Å². The Morgan fingerprint density at radius 3 is 2.56 bits per heavy atom. The van der Waals surface area contributed by atoms with E-state index < -0.39 is 27.4 Å². The topological polar surface area (TPSA) is 59.0 Å². The SMILES string of the molecule is CCC1(CC)CN(c2cc(C(F)(F)F)nc(-c3ccccn3)n2)CCS1=O. The third-order valence-electron chi connectivity index (χ3n) is 5.02. The van der Waals surface area contributed by atoms with E-state index in [2.05, 4.69) is 15.0 Å². The zero-order valence-corrected chi connectivity index (χ0v) is 16.0. The van der Waals surface area contributed by atoms with Crippen LogP contribution >= 0.6 is 0 Å². The number of aromatic nitrogens is 3. The molecular weight excluding hydrogens is 377 g/mol. The van der Waals surface area contributed by atoms with Crippen molar-refractivity contribution >= 4 is 16.6 Å². The number of rotatable bonds is 4. The minimum absolute atomic E-state index is 0.0642. The number of alkyl halides is 3. The van der Waals surface area contributed by atoms with Gasteiger partial charge in [-0.25, -0.2) is 9.97 Å². The maximum Gasteiger partial charge on any atom is 0.433 e. The standard InChI is InChI=1S/C18H21F3N4OS/c1-3-17(4-2)12-25(9-10-27(17)26)15-11-14(18(19,20)21)23-16(24-15)13-7-5-6-8-22-13/h5-8,11H,3-4,9-10,12H2,1-2H3. The molecule has 0 bridgehead atoms. The van der Waals surface area contributed by atoms with Crippen molar-refractivity contribution in [3.8, 4) is 11.5 Å². The third kappa shape index (κ3) is 3.97. The van der Waals surface area contributed by atoms with E-state index >= 15 is 0 Å². The molecule has 9 heteroatoms. The van der Waals surface area contributed by atoms with Crippen LogP contribution in [0.1, 0.15) is 32.4 Å². The summed E-state index contributed by atoms with van der Waals surface area (Å²) in [5, 5.41) is 0. The molecule has 0 saturated carbocycles. The molecule has 0 aromatic carbocycles. The fourth-order valence-corrected chi connectivity index (χ4v) is 5.01. The monoisotopic (exact) mass is 398 g/mol. The average Bonchev–Trinajstić information content (AvgIpc) is 2.68. The van der Waals surface area contributed by atoms with Crippen molar-refractivity contribution in [2.45, 2.75) is 37.6 Å². The van der Waals surface area contributed by atoms with Crippen molar-refractivity contribution in [2.75, 3.05) is 23.7 Å². The molecule has 1 atom stereocenters. The molecule has 0 radical (unpaired) electrons. The molecule has 27 heavy (non-hydrogen) atoms. The van der Waals surface area contributed by atoms with Crippen molar-refractivity contribution in [3.05, 3.63) is 36.2 Å². The van der Waals surface area contributed by atoms with Crippen LogP contribution in [0.4, 0.5) is 19.0 Å². The van der Waals surface area contributed by atoms with E-state index in [1.165, 1.54) is 6.20 Å². The summed E-state index contributed by atoms with van der Waals surface area (Å²) in [6.45, 7) is 4.73. The Balaban J connectivity index is 2.06. The van der Waals surface area contributed by atoms with E-state index in [1.54, 1.807) is 23.1 Å². The van der Waals surface area contributed by atoms with Gasteiger partial charge in [0.05, 0.1) is 4.75 Å². The van der Waals surface area contributed by atoms with Gasteiger partial charge in [-0.3, -0.25) is 9.19 Å². The first-order chi connectivity index (χ1) is 12.8. The lowest BCUT2D eigenvalue weighted by molar-refractivity contribution is -0.141. The van der Waals surface area contributed by atoms with Gasteiger partial charge in [0.1, 0.15) is 11.5 Å². The number of nitrogens with zero attached hydrogens (tertiary/aromatic N) is 4. The molecule has 1 unspecified atom stereocenters. The summed E-state index contributed by atoms with van der Waals surface area (Å²) in [4.78, 5) is 13.9. The summed E-state index contributed by atoms with van der Waals surface area (Å²) in [7, 11) is -1.01. The first-order valence-electron chi connectivity index (χ1n) is 8.80. The lowest BCUT2D eigenvalue weighted by Gasteiger charge is -2.41. The number of halogens is 3. The summed E-state index contributed by atoms with van der Waals surface area (Å²) in [5.41, 5.74) is -0.721. The normalized spacial score (nSPS) is 19.9. The minimum atomic E-state index is -4.59. The van der Waals surface area contributed by atoms with Gasteiger partial charge in [-0.1, -0.05) is 19.9 Å². The summed E-state index contributed by atoms with van der Waals surface area (Å²) < 4.78 is 52.3.